The van der Waals surface area contributed by atoms with E-state index in [9.17, 15) is 0 Å². The second kappa shape index (κ2) is 5.60. The van der Waals surface area contributed by atoms with Crippen LogP contribution in [-0.2, 0) is 0 Å². The van der Waals surface area contributed by atoms with Gasteiger partial charge >= 0.3 is 0 Å². The maximum Gasteiger partial charge on any atom is 0.147 e. The van der Waals surface area contributed by atoms with Crippen LogP contribution in [0.2, 0.25) is 0 Å². The molecule has 0 bridgehead atoms. The highest BCUT2D eigenvalue weighted by Gasteiger charge is 1.91. The minimum Gasteiger partial charge on any atom is -0.409 e. The van der Waals surface area contributed by atoms with Crippen molar-refractivity contribution in [2.45, 2.75) is 26.7 Å². The van der Waals surface area contributed by atoms with Gasteiger partial charge in [-0.05, 0) is 25.5 Å². The summed E-state index contributed by atoms with van der Waals surface area (Å²) >= 11 is 0. The highest BCUT2D eigenvalue weighted by Crippen LogP contribution is 2.09. The van der Waals surface area contributed by atoms with E-state index in [1.54, 1.807) is 0 Å². The molecule has 0 fully saturated rings. The normalized spacial score (nSPS) is 10.0. The molecule has 1 aromatic carbocycles. The van der Waals surface area contributed by atoms with Crippen molar-refractivity contribution in [3.05, 3.63) is 29.8 Å². The average molecular weight is 179 g/mol. The van der Waals surface area contributed by atoms with Crippen LogP contribution in [0.25, 0.3) is 0 Å². The maximum atomic E-state index is 5.31. The Balaban J connectivity index is 2.25. The van der Waals surface area contributed by atoms with Crippen molar-refractivity contribution in [3.63, 3.8) is 0 Å². The molecule has 1 N–H and O–H groups in total. The zero-order valence-corrected chi connectivity index (χ0v) is 8.34. The van der Waals surface area contributed by atoms with Crippen LogP contribution in [0.5, 0.6) is 5.75 Å². The van der Waals surface area contributed by atoms with Gasteiger partial charge in [-0.25, -0.2) is 0 Å². The van der Waals surface area contributed by atoms with Crippen molar-refractivity contribution in [3.8, 4) is 5.75 Å². The molecule has 0 heterocycles. The number of hydrogen-bond donors (Lipinski definition) is 1. The smallest absolute Gasteiger partial charge is 0.147 e. The molecule has 0 aliphatic rings. The standard InChI is InChI=1S/C11H17NO/c1-3-4-9-12-13-11-7-5-10(2)6-8-11/h5-8,12H,3-4,9H2,1-2H3. The Hall–Kier alpha value is -1.02. The summed E-state index contributed by atoms with van der Waals surface area (Å²) in [6.45, 7) is 5.13. The number of unbranched alkanes of at least 4 members (excludes halogenated alkanes) is 1. The number of hydroxylamine groups is 1. The zero-order chi connectivity index (χ0) is 9.52. The van der Waals surface area contributed by atoms with Gasteiger partial charge in [-0.3, -0.25) is 0 Å². The van der Waals surface area contributed by atoms with Crippen LogP contribution in [-0.4, -0.2) is 6.54 Å². The first-order chi connectivity index (χ1) is 6.33. The average Bonchev–Trinajstić information content (AvgIpc) is 2.15. The molecule has 0 aliphatic heterocycles. The van der Waals surface area contributed by atoms with E-state index < -0.39 is 0 Å². The van der Waals surface area contributed by atoms with Crippen LogP contribution in [0.1, 0.15) is 25.3 Å². The SMILES string of the molecule is CCCCNOc1ccc(C)cc1. The fourth-order valence-corrected chi connectivity index (χ4v) is 0.990. The van der Waals surface area contributed by atoms with E-state index in [0.717, 1.165) is 18.7 Å². The summed E-state index contributed by atoms with van der Waals surface area (Å²) < 4.78 is 0. The summed E-state index contributed by atoms with van der Waals surface area (Å²) in [7, 11) is 0. The Morgan fingerprint density at radius 1 is 1.23 bits per heavy atom. The molecule has 0 aromatic heterocycles. The molecule has 0 atom stereocenters. The van der Waals surface area contributed by atoms with E-state index in [1.165, 1.54) is 12.0 Å². The van der Waals surface area contributed by atoms with Crippen LogP contribution in [0.15, 0.2) is 24.3 Å². The lowest BCUT2D eigenvalue weighted by Gasteiger charge is -2.05. The fourth-order valence-electron chi connectivity index (χ4n) is 0.990. The summed E-state index contributed by atoms with van der Waals surface area (Å²) in [5.74, 6) is 0.877. The highest BCUT2D eigenvalue weighted by molar-refractivity contribution is 5.25. The van der Waals surface area contributed by atoms with E-state index >= 15 is 0 Å². The van der Waals surface area contributed by atoms with Crippen molar-refractivity contribution < 1.29 is 4.84 Å². The Morgan fingerprint density at radius 3 is 2.54 bits per heavy atom. The van der Waals surface area contributed by atoms with Crippen LogP contribution in [0.4, 0.5) is 0 Å². The van der Waals surface area contributed by atoms with Gasteiger partial charge in [0.15, 0.2) is 0 Å². The molecule has 72 valence electrons. The zero-order valence-electron chi connectivity index (χ0n) is 8.34. The van der Waals surface area contributed by atoms with Gasteiger partial charge in [-0.1, -0.05) is 31.0 Å². The van der Waals surface area contributed by atoms with Gasteiger partial charge in [0, 0.05) is 6.54 Å². The summed E-state index contributed by atoms with van der Waals surface area (Å²) in [5, 5.41) is 0. The Morgan fingerprint density at radius 2 is 1.92 bits per heavy atom. The third-order valence-corrected chi connectivity index (χ3v) is 1.84. The van der Waals surface area contributed by atoms with E-state index in [1.807, 2.05) is 24.3 Å². The second-order valence-electron chi connectivity index (χ2n) is 3.16. The van der Waals surface area contributed by atoms with E-state index in [4.69, 9.17) is 4.84 Å². The molecule has 1 aromatic rings. The van der Waals surface area contributed by atoms with Gasteiger partial charge in [0.1, 0.15) is 5.75 Å². The largest absolute Gasteiger partial charge is 0.409 e. The summed E-state index contributed by atoms with van der Waals surface area (Å²) in [6, 6.07) is 8.01. The Kier molecular flexibility index (Phi) is 4.33. The first kappa shape index (κ1) is 10.1. The predicted octanol–water partition coefficient (Wildman–Crippen LogP) is 2.68. The van der Waals surface area contributed by atoms with Crippen LogP contribution < -0.4 is 10.3 Å². The van der Waals surface area contributed by atoms with Crippen molar-refractivity contribution >= 4 is 0 Å². The molecule has 0 radical (unpaired) electrons. The second-order valence-corrected chi connectivity index (χ2v) is 3.16. The van der Waals surface area contributed by atoms with Crippen molar-refractivity contribution in [2.75, 3.05) is 6.54 Å². The molecule has 0 amide bonds. The van der Waals surface area contributed by atoms with Gasteiger partial charge in [0.05, 0.1) is 0 Å². The summed E-state index contributed by atoms with van der Waals surface area (Å²) in [6.07, 6.45) is 2.33. The lowest BCUT2D eigenvalue weighted by Crippen LogP contribution is -2.19. The summed E-state index contributed by atoms with van der Waals surface area (Å²) in [5.41, 5.74) is 4.17. The van der Waals surface area contributed by atoms with Gasteiger partial charge in [0.25, 0.3) is 0 Å². The number of benzene rings is 1. The van der Waals surface area contributed by atoms with Crippen LogP contribution in [0, 0.1) is 6.92 Å². The van der Waals surface area contributed by atoms with Gasteiger partial charge in [-0.2, -0.15) is 5.48 Å². The van der Waals surface area contributed by atoms with E-state index in [-0.39, 0.29) is 0 Å². The molecule has 13 heavy (non-hydrogen) atoms. The minimum atomic E-state index is 0.877. The molecular weight excluding hydrogens is 162 g/mol. The van der Waals surface area contributed by atoms with Gasteiger partial charge in [0.2, 0.25) is 0 Å². The van der Waals surface area contributed by atoms with Crippen molar-refractivity contribution in [1.29, 1.82) is 0 Å². The molecule has 0 unspecified atom stereocenters. The Labute approximate surface area is 79.9 Å². The van der Waals surface area contributed by atoms with Crippen LogP contribution in [0.3, 0.4) is 0 Å². The summed E-state index contributed by atoms with van der Waals surface area (Å²) in [4.78, 5) is 5.31. The van der Waals surface area contributed by atoms with Crippen molar-refractivity contribution in [1.82, 2.24) is 5.48 Å². The van der Waals surface area contributed by atoms with Crippen LogP contribution >= 0.6 is 0 Å². The lowest BCUT2D eigenvalue weighted by atomic mass is 10.2. The van der Waals surface area contributed by atoms with Gasteiger partial charge in [-0.15, -0.1) is 0 Å². The number of hydrogen-bond acceptors (Lipinski definition) is 2. The molecular formula is C11H17NO. The maximum absolute atomic E-state index is 5.31. The van der Waals surface area contributed by atoms with Gasteiger partial charge < -0.3 is 4.84 Å². The number of nitrogens with one attached hydrogen (secondary N) is 1. The first-order valence-corrected chi connectivity index (χ1v) is 4.79. The monoisotopic (exact) mass is 179 g/mol. The predicted molar refractivity (Wildman–Crippen MR) is 54.7 cm³/mol. The lowest BCUT2D eigenvalue weighted by molar-refractivity contribution is 0.194. The topological polar surface area (TPSA) is 21.3 Å². The third-order valence-electron chi connectivity index (χ3n) is 1.84. The molecule has 0 aliphatic carbocycles. The minimum absolute atomic E-state index is 0.877. The molecule has 1 rings (SSSR count). The van der Waals surface area contributed by atoms with E-state index in [2.05, 4.69) is 19.3 Å². The fraction of sp³-hybridized carbons (Fsp3) is 0.455. The highest BCUT2D eigenvalue weighted by atomic mass is 16.6. The number of aryl methyl sites for hydroxylation is 1. The quantitative estimate of drug-likeness (QED) is 0.554. The Bertz CT molecular complexity index is 230. The third kappa shape index (κ3) is 3.95. The van der Waals surface area contributed by atoms with Crippen molar-refractivity contribution in [2.24, 2.45) is 0 Å². The molecule has 0 saturated heterocycles. The molecule has 0 saturated carbocycles. The molecule has 2 nitrogen and oxygen atoms in total. The molecule has 0 spiro atoms. The number of rotatable bonds is 5. The first-order valence-electron chi connectivity index (χ1n) is 4.79. The molecule has 2 heteroatoms. The van der Waals surface area contributed by atoms with E-state index in [0.29, 0.717) is 0 Å².